The van der Waals surface area contributed by atoms with Gasteiger partial charge in [0.15, 0.2) is 0 Å². The molecule has 0 saturated carbocycles. The fraction of sp³-hybridized carbons (Fsp3) is 0.0588. The molecule has 2 aromatic carbocycles. The lowest BCUT2D eigenvalue weighted by Gasteiger charge is -2.10. The van der Waals surface area contributed by atoms with E-state index in [1.807, 2.05) is 37.3 Å². The molecule has 2 N–H and O–H groups in total. The summed E-state index contributed by atoms with van der Waals surface area (Å²) in [5.41, 5.74) is 2.06. The number of benzene rings is 2. The Morgan fingerprint density at radius 1 is 0.864 bits per heavy atom. The van der Waals surface area contributed by atoms with Crippen molar-refractivity contribution in [3.8, 4) is 0 Å². The summed E-state index contributed by atoms with van der Waals surface area (Å²) in [6, 6.07) is 17.9. The van der Waals surface area contributed by atoms with Crippen molar-refractivity contribution in [2.24, 2.45) is 0 Å². The number of nitrogens with one attached hydrogen (secondary N) is 2. The minimum atomic E-state index is -0.323. The summed E-state index contributed by atoms with van der Waals surface area (Å²) < 4.78 is 13.7. The maximum Gasteiger partial charge on any atom is 0.229 e. The van der Waals surface area contributed by atoms with Crippen molar-refractivity contribution in [1.82, 2.24) is 9.97 Å². The quantitative estimate of drug-likeness (QED) is 0.748. The minimum absolute atomic E-state index is 0.323. The van der Waals surface area contributed by atoms with Crippen LogP contribution < -0.4 is 10.6 Å². The molecule has 3 rings (SSSR count). The molecular weight excluding hydrogens is 279 g/mol. The molecule has 0 saturated heterocycles. The van der Waals surface area contributed by atoms with Gasteiger partial charge in [0, 0.05) is 17.4 Å². The van der Waals surface area contributed by atoms with Gasteiger partial charge in [0.1, 0.15) is 11.6 Å². The smallest absolute Gasteiger partial charge is 0.229 e. The van der Waals surface area contributed by atoms with E-state index in [0.29, 0.717) is 17.5 Å². The van der Waals surface area contributed by atoms with Gasteiger partial charge in [-0.25, -0.2) is 9.37 Å². The predicted octanol–water partition coefficient (Wildman–Crippen LogP) is 4.41. The van der Waals surface area contributed by atoms with Crippen LogP contribution in [0.4, 0.5) is 27.5 Å². The van der Waals surface area contributed by atoms with Crippen molar-refractivity contribution in [2.45, 2.75) is 6.92 Å². The molecule has 110 valence electrons. The van der Waals surface area contributed by atoms with Gasteiger partial charge in [0.2, 0.25) is 5.95 Å². The van der Waals surface area contributed by atoms with Crippen LogP contribution in [-0.2, 0) is 0 Å². The molecule has 1 heterocycles. The Hall–Kier alpha value is -2.95. The van der Waals surface area contributed by atoms with Gasteiger partial charge < -0.3 is 10.6 Å². The maximum atomic E-state index is 13.7. The summed E-state index contributed by atoms with van der Waals surface area (Å²) in [6.07, 6.45) is 0. The third-order valence-electron chi connectivity index (χ3n) is 3.02. The van der Waals surface area contributed by atoms with Gasteiger partial charge in [-0.2, -0.15) is 4.98 Å². The van der Waals surface area contributed by atoms with Crippen molar-refractivity contribution < 1.29 is 4.39 Å². The number of aromatic nitrogens is 2. The molecule has 0 aliphatic rings. The van der Waals surface area contributed by atoms with E-state index in [-0.39, 0.29) is 5.82 Å². The van der Waals surface area contributed by atoms with E-state index in [0.717, 1.165) is 11.4 Å². The van der Waals surface area contributed by atoms with Crippen LogP contribution in [0.15, 0.2) is 60.7 Å². The molecule has 22 heavy (non-hydrogen) atoms. The summed E-state index contributed by atoms with van der Waals surface area (Å²) in [4.78, 5) is 8.70. The first-order valence-corrected chi connectivity index (χ1v) is 6.90. The van der Waals surface area contributed by atoms with Crippen LogP contribution in [0.2, 0.25) is 0 Å². The largest absolute Gasteiger partial charge is 0.338 e. The average Bonchev–Trinajstić information content (AvgIpc) is 2.50. The van der Waals surface area contributed by atoms with Crippen LogP contribution in [0.25, 0.3) is 0 Å². The monoisotopic (exact) mass is 294 g/mol. The second kappa shape index (κ2) is 6.22. The molecule has 0 unspecified atom stereocenters. The first-order valence-electron chi connectivity index (χ1n) is 6.90. The molecule has 1 aromatic heterocycles. The second-order valence-electron chi connectivity index (χ2n) is 4.81. The van der Waals surface area contributed by atoms with E-state index < -0.39 is 0 Å². The van der Waals surface area contributed by atoms with Gasteiger partial charge in [0.25, 0.3) is 0 Å². The van der Waals surface area contributed by atoms with Gasteiger partial charge in [-0.05, 0) is 31.2 Å². The predicted molar refractivity (Wildman–Crippen MR) is 86.2 cm³/mol. The van der Waals surface area contributed by atoms with E-state index in [4.69, 9.17) is 0 Å². The number of hydrogen-bond donors (Lipinski definition) is 2. The molecule has 0 aliphatic heterocycles. The third-order valence-corrected chi connectivity index (χ3v) is 3.02. The number of halogens is 1. The Labute approximate surface area is 128 Å². The summed E-state index contributed by atoms with van der Waals surface area (Å²) in [5.74, 6) is 0.678. The number of nitrogens with zero attached hydrogens (tertiary/aromatic N) is 2. The van der Waals surface area contributed by atoms with E-state index in [2.05, 4.69) is 20.6 Å². The van der Waals surface area contributed by atoms with Crippen LogP contribution in [0, 0.1) is 12.7 Å². The second-order valence-corrected chi connectivity index (χ2v) is 4.81. The molecule has 0 amide bonds. The van der Waals surface area contributed by atoms with Crippen molar-refractivity contribution in [2.75, 3.05) is 10.6 Å². The zero-order chi connectivity index (χ0) is 15.4. The zero-order valence-corrected chi connectivity index (χ0v) is 12.0. The van der Waals surface area contributed by atoms with E-state index >= 15 is 0 Å². The highest BCUT2D eigenvalue weighted by molar-refractivity contribution is 5.60. The van der Waals surface area contributed by atoms with E-state index in [1.54, 1.807) is 24.3 Å². The van der Waals surface area contributed by atoms with Crippen LogP contribution >= 0.6 is 0 Å². The van der Waals surface area contributed by atoms with Crippen LogP contribution in [0.5, 0.6) is 0 Å². The first-order chi connectivity index (χ1) is 10.7. The molecule has 0 aliphatic carbocycles. The van der Waals surface area contributed by atoms with Crippen LogP contribution in [0.1, 0.15) is 5.69 Å². The number of aryl methyl sites for hydroxylation is 1. The number of hydrogen-bond acceptors (Lipinski definition) is 4. The molecule has 3 aromatic rings. The normalized spacial score (nSPS) is 10.3. The lowest BCUT2D eigenvalue weighted by atomic mass is 10.3. The van der Waals surface area contributed by atoms with Gasteiger partial charge in [-0.1, -0.05) is 30.3 Å². The van der Waals surface area contributed by atoms with Gasteiger partial charge >= 0.3 is 0 Å². The highest BCUT2D eigenvalue weighted by Crippen LogP contribution is 2.20. The Kier molecular flexibility index (Phi) is 3.96. The summed E-state index contributed by atoms with van der Waals surface area (Å²) in [6.45, 7) is 1.87. The molecule has 0 bridgehead atoms. The highest BCUT2D eigenvalue weighted by atomic mass is 19.1. The average molecular weight is 294 g/mol. The van der Waals surface area contributed by atoms with Crippen LogP contribution in [-0.4, -0.2) is 9.97 Å². The molecular formula is C17H15FN4. The molecule has 0 spiro atoms. The Bertz CT molecular complexity index is 775. The van der Waals surface area contributed by atoms with Crippen molar-refractivity contribution in [3.63, 3.8) is 0 Å². The van der Waals surface area contributed by atoms with Crippen molar-refractivity contribution in [1.29, 1.82) is 0 Å². The fourth-order valence-corrected chi connectivity index (χ4v) is 2.04. The minimum Gasteiger partial charge on any atom is -0.338 e. The lowest BCUT2D eigenvalue weighted by molar-refractivity contribution is 0.632. The lowest BCUT2D eigenvalue weighted by Crippen LogP contribution is -2.03. The topological polar surface area (TPSA) is 49.8 Å². The van der Waals surface area contributed by atoms with Gasteiger partial charge in [-0.15, -0.1) is 0 Å². The summed E-state index contributed by atoms with van der Waals surface area (Å²) >= 11 is 0. The van der Waals surface area contributed by atoms with Gasteiger partial charge in [0.05, 0.1) is 5.69 Å². The molecule has 0 atom stereocenters. The first kappa shape index (κ1) is 14.0. The SMILES string of the molecule is Cc1cc(Nc2ccccc2F)nc(Nc2ccccc2)n1. The van der Waals surface area contributed by atoms with Crippen molar-refractivity contribution >= 4 is 23.1 Å². The van der Waals surface area contributed by atoms with Crippen LogP contribution in [0.3, 0.4) is 0 Å². The maximum absolute atomic E-state index is 13.7. The fourth-order valence-electron chi connectivity index (χ4n) is 2.04. The van der Waals surface area contributed by atoms with E-state index in [1.165, 1.54) is 6.07 Å². The Morgan fingerprint density at radius 3 is 2.36 bits per heavy atom. The standard InChI is InChI=1S/C17H15FN4/c1-12-11-16(21-15-10-6-5-9-14(15)18)22-17(19-12)20-13-7-3-2-4-8-13/h2-11H,1H3,(H2,19,20,21,22). The summed E-state index contributed by atoms with van der Waals surface area (Å²) in [7, 11) is 0. The molecule has 0 fully saturated rings. The van der Waals surface area contributed by atoms with Crippen molar-refractivity contribution in [3.05, 3.63) is 72.2 Å². The van der Waals surface area contributed by atoms with Gasteiger partial charge in [-0.3, -0.25) is 0 Å². The number of para-hydroxylation sites is 2. The Balaban J connectivity index is 1.85. The number of rotatable bonds is 4. The highest BCUT2D eigenvalue weighted by Gasteiger charge is 2.05. The number of anilines is 4. The zero-order valence-electron chi connectivity index (χ0n) is 12.0. The Morgan fingerprint density at radius 2 is 1.59 bits per heavy atom. The molecule has 0 radical (unpaired) electrons. The third kappa shape index (κ3) is 3.38. The summed E-state index contributed by atoms with van der Waals surface area (Å²) in [5, 5.41) is 6.10. The van der Waals surface area contributed by atoms with E-state index in [9.17, 15) is 4.39 Å². The molecule has 5 heteroatoms. The molecule has 4 nitrogen and oxygen atoms in total.